The summed E-state index contributed by atoms with van der Waals surface area (Å²) in [4.78, 5) is 0. The van der Waals surface area contributed by atoms with Gasteiger partial charge in [0.05, 0.1) is 0 Å². The maximum absolute atomic E-state index is 5.72. The van der Waals surface area contributed by atoms with Gasteiger partial charge in [-0.05, 0) is 6.42 Å². The van der Waals surface area contributed by atoms with E-state index in [9.17, 15) is 0 Å². The van der Waals surface area contributed by atoms with Gasteiger partial charge in [0, 0.05) is 10.4 Å². The number of nitrogens with zero attached hydrogens (tertiary/aromatic N) is 2. The van der Waals surface area contributed by atoms with Crippen LogP contribution in [-0.2, 0) is 16.5 Å². The van der Waals surface area contributed by atoms with Gasteiger partial charge < -0.3 is 10.6 Å². The molecule has 0 radical (unpaired) electrons. The summed E-state index contributed by atoms with van der Waals surface area (Å²) < 4.78 is 0. The topological polar surface area (TPSA) is 28.2 Å². The third kappa shape index (κ3) is 13.3. The molecule has 0 aromatic carbocycles. The first-order valence-electron chi connectivity index (χ1n) is 4.99. The van der Waals surface area contributed by atoms with Crippen LogP contribution in [0.4, 0.5) is 0 Å². The van der Waals surface area contributed by atoms with E-state index in [0.717, 1.165) is 26.1 Å². The van der Waals surface area contributed by atoms with Crippen molar-refractivity contribution in [1.29, 1.82) is 0 Å². The zero-order chi connectivity index (χ0) is 12.9. The van der Waals surface area contributed by atoms with Gasteiger partial charge in [0.2, 0.25) is 0 Å². The molecule has 1 fully saturated rings. The van der Waals surface area contributed by atoms with Crippen LogP contribution in [0.15, 0.2) is 23.4 Å². The van der Waals surface area contributed by atoms with Crippen LogP contribution in [0.1, 0.15) is 12.8 Å². The van der Waals surface area contributed by atoms with Gasteiger partial charge in [0.1, 0.15) is 0 Å². The number of hydrogen-bond acceptors (Lipinski definition) is 0. The molecule has 0 N–H and O–H groups in total. The molecule has 0 aliphatic carbocycles. The molecule has 2 aliphatic heterocycles. The van der Waals surface area contributed by atoms with Crippen LogP contribution in [0.2, 0.25) is 0 Å². The normalized spacial score (nSPS) is 22.4. The Kier molecular flexibility index (Phi) is 14.4. The van der Waals surface area contributed by atoms with E-state index in [1.165, 1.54) is 6.42 Å². The summed E-state index contributed by atoms with van der Waals surface area (Å²) in [5.41, 5.74) is 0. The van der Waals surface area contributed by atoms with Gasteiger partial charge in [-0.15, -0.1) is 37.3 Å². The van der Waals surface area contributed by atoms with Crippen molar-refractivity contribution in [2.75, 3.05) is 19.6 Å². The molecular formula is C10H14Cl4N2Pt. The molecule has 1 saturated heterocycles. The number of hydrogen-bond donors (Lipinski definition) is 0. The molecule has 0 bridgehead atoms. The second-order valence-electron chi connectivity index (χ2n) is 3.20. The summed E-state index contributed by atoms with van der Waals surface area (Å²) in [7, 11) is 9.75. The van der Waals surface area contributed by atoms with Crippen LogP contribution in [0, 0.1) is 0 Å². The predicted octanol–water partition coefficient (Wildman–Crippen LogP) is 5.15. The Bertz CT molecular complexity index is 230. The molecule has 0 aromatic rings. The first-order valence-corrected chi connectivity index (χ1v) is 11.4. The van der Waals surface area contributed by atoms with Crippen LogP contribution in [0.25, 0.3) is 10.6 Å². The van der Waals surface area contributed by atoms with Crippen LogP contribution in [0.3, 0.4) is 0 Å². The minimum absolute atomic E-state index is 0.341. The Morgan fingerprint density at radius 2 is 2.06 bits per heavy atom. The van der Waals surface area contributed by atoms with Crippen molar-refractivity contribution in [2.45, 2.75) is 18.2 Å². The molecule has 102 valence electrons. The van der Waals surface area contributed by atoms with Crippen molar-refractivity contribution < 1.29 is 16.5 Å². The molecule has 2 rings (SSSR count). The summed E-state index contributed by atoms with van der Waals surface area (Å²) >= 11 is 10.7. The van der Waals surface area contributed by atoms with Gasteiger partial charge >= 0.3 is 35.3 Å². The van der Waals surface area contributed by atoms with Crippen molar-refractivity contribution in [2.24, 2.45) is 0 Å². The molecule has 1 atom stereocenters. The van der Waals surface area contributed by atoms with Gasteiger partial charge in [0.25, 0.3) is 0 Å². The average Bonchev–Trinajstić information content (AvgIpc) is 2.33. The molecule has 2 nitrogen and oxygen atoms in total. The van der Waals surface area contributed by atoms with E-state index in [-0.39, 0.29) is 0 Å². The number of allylic oxidation sites excluding steroid dienone is 2. The van der Waals surface area contributed by atoms with Crippen molar-refractivity contribution in [1.82, 2.24) is 0 Å². The Morgan fingerprint density at radius 3 is 2.29 bits per heavy atom. The van der Waals surface area contributed by atoms with Crippen LogP contribution >= 0.6 is 42.0 Å². The molecule has 7 heteroatoms. The van der Waals surface area contributed by atoms with Gasteiger partial charge in [-0.2, -0.15) is 6.20 Å². The molecule has 1 unspecified atom stereocenters. The predicted molar refractivity (Wildman–Crippen MR) is 75.0 cm³/mol. The van der Waals surface area contributed by atoms with Crippen molar-refractivity contribution in [3.05, 3.63) is 34.0 Å². The van der Waals surface area contributed by atoms with Crippen LogP contribution in [-0.4, -0.2) is 25.0 Å². The van der Waals surface area contributed by atoms with Crippen LogP contribution < -0.4 is 0 Å². The van der Waals surface area contributed by atoms with E-state index in [4.69, 9.17) is 42.0 Å². The zero-order valence-corrected chi connectivity index (χ0v) is 14.4. The van der Waals surface area contributed by atoms with Crippen molar-refractivity contribution in [3.8, 4) is 0 Å². The first-order chi connectivity index (χ1) is 8.20. The fourth-order valence-corrected chi connectivity index (χ4v) is 1.57. The van der Waals surface area contributed by atoms with Crippen LogP contribution in [0.5, 0.6) is 0 Å². The van der Waals surface area contributed by atoms with Gasteiger partial charge in [-0.25, -0.2) is 0 Å². The van der Waals surface area contributed by atoms with Gasteiger partial charge in [-0.1, -0.05) is 24.1 Å². The molecule has 2 aliphatic rings. The number of halogens is 4. The Labute approximate surface area is 129 Å². The number of piperidine rings is 1. The fourth-order valence-electron chi connectivity index (χ4n) is 1.16. The summed E-state index contributed by atoms with van der Waals surface area (Å²) in [6, 6.07) is 0. The second-order valence-corrected chi connectivity index (χ2v) is 7.53. The molecule has 0 spiro atoms. The Hall–Kier alpha value is 1.09. The van der Waals surface area contributed by atoms with Crippen molar-refractivity contribution in [3.63, 3.8) is 0 Å². The molecule has 2 heterocycles. The summed E-state index contributed by atoms with van der Waals surface area (Å²) in [5.74, 6) is 0. The summed E-state index contributed by atoms with van der Waals surface area (Å²) in [6.45, 7) is 2.68. The second kappa shape index (κ2) is 13.5. The fraction of sp³-hybridized carbons (Fsp3) is 0.600. The Morgan fingerprint density at radius 1 is 1.35 bits per heavy atom. The zero-order valence-electron chi connectivity index (χ0n) is 9.07. The molecular weight excluding hydrogens is 485 g/mol. The molecule has 0 aromatic heterocycles. The van der Waals surface area contributed by atoms with E-state index in [2.05, 4.69) is 10.6 Å². The Balaban J connectivity index is 0.000000247. The molecule has 0 saturated carbocycles. The standard InChI is InChI=1S/C5H9ClN.C5H5ClN.2ClH.Pt/c2*6-5-2-1-3-7-4-5;;;/h5H,1-4H2;1-2,4H,3H2;2*1H;/q2*-1;;;+4/p-2. The summed E-state index contributed by atoms with van der Waals surface area (Å²) in [5, 5.41) is 9.06. The maximum atomic E-state index is 5.72. The third-order valence-electron chi connectivity index (χ3n) is 1.86. The minimum atomic E-state index is -0.472. The van der Waals surface area contributed by atoms with E-state index < -0.39 is 16.5 Å². The SMILES string of the molecule is ClC1=C[N-]CC=C1.ClC1CCC[N-]C1.[Cl][Pt+2][Cl]. The van der Waals surface area contributed by atoms with Gasteiger partial charge in [0.15, 0.2) is 0 Å². The average molecular weight is 499 g/mol. The molecule has 0 amide bonds. The van der Waals surface area contributed by atoms with E-state index >= 15 is 0 Å². The van der Waals surface area contributed by atoms with E-state index in [0.29, 0.717) is 10.4 Å². The summed E-state index contributed by atoms with van der Waals surface area (Å²) in [6.07, 6.45) is 7.76. The monoisotopic (exact) mass is 497 g/mol. The van der Waals surface area contributed by atoms with E-state index in [1.807, 2.05) is 12.2 Å². The van der Waals surface area contributed by atoms with E-state index in [1.54, 1.807) is 6.20 Å². The first kappa shape index (κ1) is 18.1. The number of alkyl halides is 1. The van der Waals surface area contributed by atoms with Gasteiger partial charge in [-0.3, -0.25) is 0 Å². The quantitative estimate of drug-likeness (QED) is 0.413. The van der Waals surface area contributed by atoms with Crippen molar-refractivity contribution >= 4 is 42.0 Å². The third-order valence-corrected chi connectivity index (χ3v) is 2.44. The number of rotatable bonds is 0. The molecule has 17 heavy (non-hydrogen) atoms.